The number of unbranched alkanes of at least 4 members (excludes halogenated alkanes) is 1. The number of pyridine rings is 1. The van der Waals surface area contributed by atoms with E-state index in [-0.39, 0.29) is 5.91 Å². The van der Waals surface area contributed by atoms with Gasteiger partial charge in [0.05, 0.1) is 0 Å². The van der Waals surface area contributed by atoms with Crippen LogP contribution < -0.4 is 10.6 Å². The molecule has 0 fully saturated rings. The molecule has 0 aliphatic rings. The lowest BCUT2D eigenvalue weighted by Gasteiger charge is -2.06. The molecule has 2 aromatic heterocycles. The number of aromatic nitrogens is 2. The first kappa shape index (κ1) is 15.5. The van der Waals surface area contributed by atoms with Crippen LogP contribution >= 0.6 is 0 Å². The van der Waals surface area contributed by atoms with Crippen LogP contribution in [0.4, 0.5) is 0 Å². The molecule has 2 heterocycles. The summed E-state index contributed by atoms with van der Waals surface area (Å²) in [6, 6.07) is 3.99. The Balaban J connectivity index is 2.13. The summed E-state index contributed by atoms with van der Waals surface area (Å²) in [4.78, 5) is 16.4. The molecule has 2 rings (SSSR count). The molecule has 0 bridgehead atoms. The molecule has 21 heavy (non-hydrogen) atoms. The molecule has 5 nitrogen and oxygen atoms in total. The summed E-state index contributed by atoms with van der Waals surface area (Å²) in [6.07, 6.45) is 5.90. The molecular formula is C16H24N4O. The van der Waals surface area contributed by atoms with Crippen molar-refractivity contribution < 1.29 is 4.79 Å². The largest absolute Gasteiger partial charge is 0.355 e. The van der Waals surface area contributed by atoms with Gasteiger partial charge in [-0.3, -0.25) is 4.79 Å². The zero-order chi connectivity index (χ0) is 15.1. The Hall–Kier alpha value is -1.88. The highest BCUT2D eigenvalue weighted by Crippen LogP contribution is 2.19. The molecule has 0 radical (unpaired) electrons. The molecule has 0 spiro atoms. The SMILES string of the molecule is CCCCNC(=O)Cn1cc(CNCC)c2cccnc21. The number of carbonyl (C=O) groups excluding carboxylic acids is 1. The molecule has 114 valence electrons. The zero-order valence-electron chi connectivity index (χ0n) is 12.9. The van der Waals surface area contributed by atoms with E-state index in [1.807, 2.05) is 16.8 Å². The van der Waals surface area contributed by atoms with Gasteiger partial charge in [0.1, 0.15) is 12.2 Å². The maximum Gasteiger partial charge on any atom is 0.239 e. The van der Waals surface area contributed by atoms with Crippen molar-refractivity contribution in [3.8, 4) is 0 Å². The first-order valence-corrected chi connectivity index (χ1v) is 7.66. The van der Waals surface area contributed by atoms with Gasteiger partial charge in [-0.15, -0.1) is 0 Å². The van der Waals surface area contributed by atoms with Gasteiger partial charge >= 0.3 is 0 Å². The summed E-state index contributed by atoms with van der Waals surface area (Å²) >= 11 is 0. The van der Waals surface area contributed by atoms with E-state index in [9.17, 15) is 4.79 Å². The Morgan fingerprint density at radius 2 is 2.24 bits per heavy atom. The van der Waals surface area contributed by atoms with Crippen molar-refractivity contribution in [3.05, 3.63) is 30.1 Å². The number of rotatable bonds is 8. The first-order chi connectivity index (χ1) is 10.3. The average molecular weight is 288 g/mol. The number of nitrogens with zero attached hydrogens (tertiary/aromatic N) is 2. The lowest BCUT2D eigenvalue weighted by atomic mass is 10.2. The van der Waals surface area contributed by atoms with Crippen LogP contribution in [0.15, 0.2) is 24.5 Å². The molecule has 0 saturated carbocycles. The molecule has 1 amide bonds. The van der Waals surface area contributed by atoms with Crippen LogP contribution in [0, 0.1) is 0 Å². The Morgan fingerprint density at radius 3 is 3.00 bits per heavy atom. The van der Waals surface area contributed by atoms with Crippen LogP contribution in [0.2, 0.25) is 0 Å². The number of nitrogens with one attached hydrogen (secondary N) is 2. The van der Waals surface area contributed by atoms with Gasteiger partial charge in [0.25, 0.3) is 0 Å². The van der Waals surface area contributed by atoms with Crippen LogP contribution in [0.1, 0.15) is 32.3 Å². The molecule has 2 aromatic rings. The fourth-order valence-corrected chi connectivity index (χ4v) is 2.33. The van der Waals surface area contributed by atoms with Crippen LogP contribution in [-0.2, 0) is 17.9 Å². The van der Waals surface area contributed by atoms with Crippen molar-refractivity contribution in [2.24, 2.45) is 0 Å². The highest BCUT2D eigenvalue weighted by Gasteiger charge is 2.11. The van der Waals surface area contributed by atoms with E-state index in [0.717, 1.165) is 43.5 Å². The van der Waals surface area contributed by atoms with Crippen molar-refractivity contribution in [1.29, 1.82) is 0 Å². The molecule has 0 atom stereocenters. The molecular weight excluding hydrogens is 264 g/mol. The second kappa shape index (κ2) is 7.78. The molecule has 0 aliphatic heterocycles. The number of carbonyl (C=O) groups is 1. The van der Waals surface area contributed by atoms with E-state index in [0.29, 0.717) is 6.54 Å². The van der Waals surface area contributed by atoms with E-state index in [1.54, 1.807) is 6.20 Å². The number of fused-ring (bicyclic) bond motifs is 1. The smallest absolute Gasteiger partial charge is 0.239 e. The highest BCUT2D eigenvalue weighted by molar-refractivity contribution is 5.83. The van der Waals surface area contributed by atoms with Crippen molar-refractivity contribution >= 4 is 16.9 Å². The maximum absolute atomic E-state index is 12.0. The van der Waals surface area contributed by atoms with Gasteiger partial charge < -0.3 is 15.2 Å². The van der Waals surface area contributed by atoms with E-state index in [4.69, 9.17) is 0 Å². The van der Waals surface area contributed by atoms with Crippen LogP contribution in [0.5, 0.6) is 0 Å². The minimum atomic E-state index is 0.0426. The molecule has 0 aliphatic carbocycles. The number of hydrogen-bond donors (Lipinski definition) is 2. The Morgan fingerprint density at radius 1 is 1.38 bits per heavy atom. The monoisotopic (exact) mass is 288 g/mol. The summed E-state index contributed by atoms with van der Waals surface area (Å²) in [5.74, 6) is 0.0426. The third-order valence-corrected chi connectivity index (χ3v) is 3.45. The maximum atomic E-state index is 12.0. The predicted octanol–water partition coefficient (Wildman–Crippen LogP) is 2.06. The first-order valence-electron chi connectivity index (χ1n) is 7.66. The predicted molar refractivity (Wildman–Crippen MR) is 85.0 cm³/mol. The summed E-state index contributed by atoms with van der Waals surface area (Å²) in [7, 11) is 0. The fraction of sp³-hybridized carbons (Fsp3) is 0.500. The average Bonchev–Trinajstić information content (AvgIpc) is 2.84. The Kier molecular flexibility index (Phi) is 5.75. The van der Waals surface area contributed by atoms with E-state index < -0.39 is 0 Å². The van der Waals surface area contributed by atoms with Crippen molar-refractivity contribution in [3.63, 3.8) is 0 Å². The van der Waals surface area contributed by atoms with Gasteiger partial charge in [0, 0.05) is 30.9 Å². The third kappa shape index (κ3) is 4.04. The zero-order valence-corrected chi connectivity index (χ0v) is 12.9. The molecule has 0 saturated heterocycles. The minimum Gasteiger partial charge on any atom is -0.355 e. The van der Waals surface area contributed by atoms with Gasteiger partial charge in [0.2, 0.25) is 5.91 Å². The highest BCUT2D eigenvalue weighted by atomic mass is 16.1. The fourth-order valence-electron chi connectivity index (χ4n) is 2.33. The number of amides is 1. The van der Waals surface area contributed by atoms with Crippen LogP contribution in [-0.4, -0.2) is 28.5 Å². The lowest BCUT2D eigenvalue weighted by Crippen LogP contribution is -2.28. The van der Waals surface area contributed by atoms with Gasteiger partial charge in [-0.25, -0.2) is 4.98 Å². The van der Waals surface area contributed by atoms with Crippen molar-refractivity contribution in [2.75, 3.05) is 13.1 Å². The van der Waals surface area contributed by atoms with Crippen LogP contribution in [0.25, 0.3) is 11.0 Å². The van der Waals surface area contributed by atoms with Crippen LogP contribution in [0.3, 0.4) is 0 Å². The standard InChI is InChI=1S/C16H24N4O/c1-3-5-8-18-15(21)12-20-11-13(10-17-4-2)14-7-6-9-19-16(14)20/h6-7,9,11,17H,3-5,8,10,12H2,1-2H3,(H,18,21). The summed E-state index contributed by atoms with van der Waals surface area (Å²) < 4.78 is 1.93. The second-order valence-corrected chi connectivity index (χ2v) is 5.14. The van der Waals surface area contributed by atoms with E-state index in [2.05, 4.69) is 35.5 Å². The molecule has 5 heteroatoms. The molecule has 0 aromatic carbocycles. The van der Waals surface area contributed by atoms with Crippen molar-refractivity contribution in [2.45, 2.75) is 39.8 Å². The lowest BCUT2D eigenvalue weighted by molar-refractivity contribution is -0.121. The third-order valence-electron chi connectivity index (χ3n) is 3.45. The van der Waals surface area contributed by atoms with Gasteiger partial charge in [-0.05, 0) is 30.7 Å². The second-order valence-electron chi connectivity index (χ2n) is 5.14. The van der Waals surface area contributed by atoms with E-state index >= 15 is 0 Å². The normalized spacial score (nSPS) is 11.0. The summed E-state index contributed by atoms with van der Waals surface area (Å²) in [5, 5.41) is 7.38. The quantitative estimate of drug-likeness (QED) is 0.731. The molecule has 2 N–H and O–H groups in total. The van der Waals surface area contributed by atoms with Crippen molar-refractivity contribution in [1.82, 2.24) is 20.2 Å². The van der Waals surface area contributed by atoms with E-state index in [1.165, 1.54) is 5.56 Å². The van der Waals surface area contributed by atoms with Gasteiger partial charge in [0.15, 0.2) is 0 Å². The Bertz CT molecular complexity index is 591. The van der Waals surface area contributed by atoms with Gasteiger partial charge in [-0.2, -0.15) is 0 Å². The topological polar surface area (TPSA) is 59.0 Å². The minimum absolute atomic E-state index is 0.0426. The summed E-state index contributed by atoms with van der Waals surface area (Å²) in [6.45, 7) is 6.98. The number of hydrogen-bond acceptors (Lipinski definition) is 3. The van der Waals surface area contributed by atoms with Gasteiger partial charge in [-0.1, -0.05) is 20.3 Å². The Labute approximate surface area is 125 Å². The summed E-state index contributed by atoms with van der Waals surface area (Å²) in [5.41, 5.74) is 2.05. The molecule has 0 unspecified atom stereocenters.